The van der Waals surface area contributed by atoms with E-state index in [2.05, 4.69) is 4.99 Å². The van der Waals surface area contributed by atoms with Crippen LogP contribution in [0.25, 0.3) is 17.3 Å². The molecule has 0 fully saturated rings. The molecule has 124 valence electrons. The number of para-hydroxylation sites is 1. The minimum atomic E-state index is -0.589. The molecule has 1 N–H and O–H groups in total. The molecule has 7 heteroatoms. The third-order valence-corrected chi connectivity index (χ3v) is 4.98. The number of fused-ring (bicyclic) bond motifs is 1. The second-order valence-corrected chi connectivity index (χ2v) is 6.77. The molecular weight excluding hydrogens is 363 g/mol. The van der Waals surface area contributed by atoms with Crippen LogP contribution in [0, 0.1) is 5.82 Å². The molecule has 0 amide bonds. The van der Waals surface area contributed by atoms with E-state index in [9.17, 15) is 14.3 Å². The third kappa shape index (κ3) is 2.69. The number of thiazole rings is 1. The Morgan fingerprint density at radius 2 is 2.04 bits per heavy atom. The van der Waals surface area contributed by atoms with Crippen molar-refractivity contribution in [1.82, 2.24) is 4.57 Å². The van der Waals surface area contributed by atoms with E-state index >= 15 is 0 Å². The van der Waals surface area contributed by atoms with Crippen LogP contribution in [0.5, 0.6) is 5.88 Å². The number of benzene rings is 2. The van der Waals surface area contributed by atoms with Gasteiger partial charge in [-0.2, -0.15) is 0 Å². The van der Waals surface area contributed by atoms with E-state index in [1.165, 1.54) is 12.1 Å². The summed E-state index contributed by atoms with van der Waals surface area (Å²) in [7, 11) is 0. The Hall–Kier alpha value is -2.70. The number of nitrogens with zero attached hydrogens (tertiary/aromatic N) is 2. The largest absolute Gasteiger partial charge is 0.493 e. The van der Waals surface area contributed by atoms with Crippen molar-refractivity contribution in [2.75, 3.05) is 0 Å². The van der Waals surface area contributed by atoms with Gasteiger partial charge in [-0.05, 0) is 30.3 Å². The first kappa shape index (κ1) is 15.8. The third-order valence-electron chi connectivity index (χ3n) is 3.82. The molecule has 0 aliphatic carbocycles. The summed E-state index contributed by atoms with van der Waals surface area (Å²) in [5, 5.41) is 10.4. The SMILES string of the molecule is O=c1sc(/C=C2\C=Nc3ccccc32)c(O)n1-c1ccc(F)c(Cl)c1. The van der Waals surface area contributed by atoms with Crippen LogP contribution >= 0.6 is 22.9 Å². The molecule has 2 heterocycles. The summed E-state index contributed by atoms with van der Waals surface area (Å²) < 4.78 is 14.4. The lowest BCUT2D eigenvalue weighted by Crippen LogP contribution is -2.09. The highest BCUT2D eigenvalue weighted by atomic mass is 35.5. The first-order valence-electron chi connectivity index (χ1n) is 7.30. The van der Waals surface area contributed by atoms with Gasteiger partial charge in [0.05, 0.1) is 21.3 Å². The lowest BCUT2D eigenvalue weighted by molar-refractivity contribution is 0.440. The zero-order chi connectivity index (χ0) is 17.6. The lowest BCUT2D eigenvalue weighted by Gasteiger charge is -2.05. The number of allylic oxidation sites excluding steroid dienone is 1. The second kappa shape index (κ2) is 5.98. The maximum atomic E-state index is 13.3. The molecule has 1 aliphatic heterocycles. The molecule has 0 spiro atoms. The van der Waals surface area contributed by atoms with Gasteiger partial charge in [0.1, 0.15) is 5.82 Å². The zero-order valence-corrected chi connectivity index (χ0v) is 14.2. The number of aromatic hydroxyl groups is 1. The Labute approximate surface area is 150 Å². The highest BCUT2D eigenvalue weighted by Crippen LogP contribution is 2.35. The van der Waals surface area contributed by atoms with Crippen LogP contribution in [0.2, 0.25) is 5.02 Å². The quantitative estimate of drug-likeness (QED) is 0.711. The Bertz CT molecular complexity index is 1110. The summed E-state index contributed by atoms with van der Waals surface area (Å²) >= 11 is 6.66. The monoisotopic (exact) mass is 372 g/mol. The summed E-state index contributed by atoms with van der Waals surface area (Å²) in [6, 6.07) is 11.4. The number of aliphatic imine (C=N–C) groups is 1. The predicted octanol–water partition coefficient (Wildman–Crippen LogP) is 4.65. The van der Waals surface area contributed by atoms with E-state index in [4.69, 9.17) is 11.6 Å². The molecule has 1 aromatic heterocycles. The highest BCUT2D eigenvalue weighted by Gasteiger charge is 2.18. The molecule has 0 saturated carbocycles. The number of halogens is 2. The van der Waals surface area contributed by atoms with Gasteiger partial charge in [0.25, 0.3) is 0 Å². The average molecular weight is 373 g/mol. The fourth-order valence-corrected chi connectivity index (χ4v) is 3.64. The van der Waals surface area contributed by atoms with E-state index in [1.54, 1.807) is 12.3 Å². The number of hydrogen-bond acceptors (Lipinski definition) is 4. The average Bonchev–Trinajstić information content (AvgIpc) is 3.12. The van der Waals surface area contributed by atoms with Gasteiger partial charge in [-0.15, -0.1) is 0 Å². The zero-order valence-electron chi connectivity index (χ0n) is 12.6. The Morgan fingerprint density at radius 3 is 2.84 bits per heavy atom. The normalized spacial score (nSPS) is 14.2. The first-order valence-corrected chi connectivity index (χ1v) is 8.49. The highest BCUT2D eigenvalue weighted by molar-refractivity contribution is 7.10. The molecule has 0 saturated heterocycles. The van der Waals surface area contributed by atoms with Crippen molar-refractivity contribution in [3.05, 3.63) is 73.4 Å². The van der Waals surface area contributed by atoms with E-state index < -0.39 is 10.7 Å². The van der Waals surface area contributed by atoms with Crippen LogP contribution in [0.15, 0.2) is 52.3 Å². The minimum absolute atomic E-state index is 0.119. The van der Waals surface area contributed by atoms with Crippen molar-refractivity contribution in [2.45, 2.75) is 0 Å². The van der Waals surface area contributed by atoms with E-state index in [1.807, 2.05) is 24.3 Å². The predicted molar refractivity (Wildman–Crippen MR) is 99.0 cm³/mol. The van der Waals surface area contributed by atoms with Gasteiger partial charge in [-0.1, -0.05) is 41.1 Å². The molecule has 2 aromatic carbocycles. The van der Waals surface area contributed by atoms with Crippen molar-refractivity contribution in [3.8, 4) is 11.6 Å². The van der Waals surface area contributed by atoms with Crippen molar-refractivity contribution < 1.29 is 9.50 Å². The molecule has 0 atom stereocenters. The summed E-state index contributed by atoms with van der Waals surface area (Å²) in [5.41, 5.74) is 2.87. The van der Waals surface area contributed by atoms with Gasteiger partial charge >= 0.3 is 4.87 Å². The molecule has 4 nitrogen and oxygen atoms in total. The fourth-order valence-electron chi connectivity index (χ4n) is 2.62. The fraction of sp³-hybridized carbons (Fsp3) is 0. The topological polar surface area (TPSA) is 54.6 Å². The summed E-state index contributed by atoms with van der Waals surface area (Å²) in [6.07, 6.45) is 3.39. The lowest BCUT2D eigenvalue weighted by atomic mass is 10.1. The van der Waals surface area contributed by atoms with Gasteiger partial charge in [-0.25, -0.2) is 8.96 Å². The maximum absolute atomic E-state index is 13.3. The van der Waals surface area contributed by atoms with Gasteiger partial charge < -0.3 is 5.11 Å². The van der Waals surface area contributed by atoms with Crippen LogP contribution in [0.1, 0.15) is 10.4 Å². The second-order valence-electron chi connectivity index (χ2n) is 5.36. The molecule has 1 aliphatic rings. The van der Waals surface area contributed by atoms with Crippen LogP contribution in [0.4, 0.5) is 10.1 Å². The standard InChI is InChI=1S/C18H10ClFN2O2S/c19-13-8-11(5-6-14(13)20)22-17(23)16(25-18(22)24)7-10-9-21-15-4-2-1-3-12(10)15/h1-9,23H/b10-7+. The summed E-state index contributed by atoms with van der Waals surface area (Å²) in [4.78, 5) is 16.6. The van der Waals surface area contributed by atoms with Gasteiger partial charge in [-0.3, -0.25) is 9.79 Å². The molecule has 0 unspecified atom stereocenters. The van der Waals surface area contributed by atoms with Crippen molar-refractivity contribution >= 4 is 46.5 Å². The minimum Gasteiger partial charge on any atom is -0.493 e. The Kier molecular flexibility index (Phi) is 3.78. The molecular formula is C18H10ClFN2O2S. The van der Waals surface area contributed by atoms with Crippen LogP contribution in [-0.2, 0) is 0 Å². The van der Waals surface area contributed by atoms with Gasteiger partial charge in [0.15, 0.2) is 0 Å². The van der Waals surface area contributed by atoms with Gasteiger partial charge in [0, 0.05) is 17.4 Å². The van der Waals surface area contributed by atoms with Crippen molar-refractivity contribution in [2.24, 2.45) is 4.99 Å². The van der Waals surface area contributed by atoms with E-state index in [0.29, 0.717) is 10.6 Å². The van der Waals surface area contributed by atoms with Crippen LogP contribution in [0.3, 0.4) is 0 Å². The summed E-state index contributed by atoms with van der Waals surface area (Å²) in [5.74, 6) is -0.808. The number of aromatic nitrogens is 1. The molecule has 4 rings (SSSR count). The Morgan fingerprint density at radius 1 is 1.24 bits per heavy atom. The maximum Gasteiger partial charge on any atom is 0.315 e. The van der Waals surface area contributed by atoms with Crippen LogP contribution < -0.4 is 4.87 Å². The molecule has 0 radical (unpaired) electrons. The van der Waals surface area contributed by atoms with Crippen molar-refractivity contribution in [1.29, 1.82) is 0 Å². The molecule has 3 aromatic rings. The smallest absolute Gasteiger partial charge is 0.315 e. The van der Waals surface area contributed by atoms with Gasteiger partial charge in [0.2, 0.25) is 5.88 Å². The summed E-state index contributed by atoms with van der Waals surface area (Å²) in [6.45, 7) is 0. The Balaban J connectivity index is 1.82. The number of rotatable bonds is 2. The van der Waals surface area contributed by atoms with E-state index in [-0.39, 0.29) is 10.9 Å². The van der Waals surface area contributed by atoms with E-state index in [0.717, 1.165) is 38.8 Å². The first-order chi connectivity index (χ1) is 12.0. The van der Waals surface area contributed by atoms with Crippen molar-refractivity contribution in [3.63, 3.8) is 0 Å². The number of hydrogen-bond donors (Lipinski definition) is 1. The molecule has 25 heavy (non-hydrogen) atoms. The van der Waals surface area contributed by atoms with Crippen LogP contribution in [-0.4, -0.2) is 15.9 Å². The molecule has 0 bridgehead atoms.